The molecule has 121 valence electrons. The van der Waals surface area contributed by atoms with Gasteiger partial charge in [-0.25, -0.2) is 4.79 Å². The fraction of sp³-hybridized carbons (Fsp3) is 0.357. The van der Waals surface area contributed by atoms with Crippen LogP contribution in [0, 0.1) is 31.2 Å². The van der Waals surface area contributed by atoms with Crippen LogP contribution in [0.5, 0.6) is 0 Å². The molecule has 1 aromatic carbocycles. The predicted molar refractivity (Wildman–Crippen MR) is 79.6 cm³/mol. The van der Waals surface area contributed by atoms with Crippen LogP contribution in [0.2, 0.25) is 0 Å². The third kappa shape index (κ3) is 25.0. The van der Waals surface area contributed by atoms with Crippen LogP contribution in [-0.2, 0) is 27.2 Å². The monoisotopic (exact) mass is 422 g/mol. The molecular formula is C14H27Cl2NbO4+5. The Kier molecular flexibility index (Phi) is 38.3. The maximum Gasteiger partial charge on any atom is 0.345 e. The number of Topliss-reactive ketones (excluding diaryl/α,β-unsaturated/α-hetero) is 2. The molecule has 4 N–H and O–H groups in total. The summed E-state index contributed by atoms with van der Waals surface area (Å²) in [5.74, 6) is -0.452. The van der Waals surface area contributed by atoms with Gasteiger partial charge in [0.1, 0.15) is 13.2 Å². The first kappa shape index (κ1) is 32.6. The van der Waals surface area contributed by atoms with Gasteiger partial charge in [-0.15, -0.1) is 0 Å². The number of hydrogen-bond donors (Lipinski definition) is 0. The van der Waals surface area contributed by atoms with Crippen LogP contribution < -0.4 is 0 Å². The zero-order chi connectivity index (χ0) is 14.4. The van der Waals surface area contributed by atoms with Gasteiger partial charge in [-0.05, 0) is 12.1 Å². The standard InChI is InChI=1S/C10H9O2.2C2H6O.2ClH2.Nb/c1-8(11)7-10(12)9-5-3-2-4-6-9;2*1-2-3;;;/h2-7H,1H3;2*3H,2H2,1H3;2*1H2;/q+1;;;2*+1;/p+2. The third-order valence-corrected chi connectivity index (χ3v) is 1.39. The Bertz CT molecular complexity index is 333. The van der Waals surface area contributed by atoms with E-state index in [1.807, 2.05) is 6.07 Å². The van der Waals surface area contributed by atoms with Crippen LogP contribution in [-0.4, -0.2) is 35.0 Å². The van der Waals surface area contributed by atoms with Crippen LogP contribution in [0.4, 0.5) is 0 Å². The van der Waals surface area contributed by atoms with E-state index in [4.69, 9.17) is 10.2 Å². The van der Waals surface area contributed by atoms with Crippen molar-refractivity contribution in [2.24, 2.45) is 0 Å². The predicted octanol–water partition coefficient (Wildman–Crippen LogP) is 0.0511. The largest absolute Gasteiger partial charge is 0.446 e. The van der Waals surface area contributed by atoms with E-state index in [9.17, 15) is 9.59 Å². The minimum atomic E-state index is -0.233. The third-order valence-electron chi connectivity index (χ3n) is 1.39. The Morgan fingerprint density at radius 1 is 1.00 bits per heavy atom. The molecule has 0 spiro atoms. The summed E-state index contributed by atoms with van der Waals surface area (Å²) in [5, 5.41) is 12.4. The molecule has 0 aromatic heterocycles. The fourth-order valence-corrected chi connectivity index (χ4v) is 0.870. The van der Waals surface area contributed by atoms with Gasteiger partial charge in [0.05, 0.1) is 24.8 Å². The van der Waals surface area contributed by atoms with Crippen molar-refractivity contribution in [2.45, 2.75) is 20.8 Å². The Hall–Kier alpha value is -0.330. The minimum absolute atomic E-state index is 0. The molecule has 7 heteroatoms. The van der Waals surface area contributed by atoms with E-state index in [0.29, 0.717) is 18.8 Å². The van der Waals surface area contributed by atoms with Crippen molar-refractivity contribution in [1.29, 1.82) is 0 Å². The van der Waals surface area contributed by atoms with E-state index in [-0.39, 0.29) is 58.8 Å². The van der Waals surface area contributed by atoms with Crippen LogP contribution in [0.25, 0.3) is 0 Å². The number of hydrogen-bond acceptors (Lipinski definition) is 2. The number of carbonyl (C=O) groups excluding carboxylic acids is 2. The molecule has 0 bridgehead atoms. The maximum absolute atomic E-state index is 11.2. The summed E-state index contributed by atoms with van der Waals surface area (Å²) in [6.45, 7) is 5.95. The van der Waals surface area contributed by atoms with Gasteiger partial charge in [-0.3, -0.25) is 4.79 Å². The first-order valence-corrected chi connectivity index (χ1v) is 5.77. The molecule has 0 heterocycles. The quantitative estimate of drug-likeness (QED) is 0.227. The van der Waals surface area contributed by atoms with E-state index in [0.717, 1.165) is 6.42 Å². The number of ketones is 2. The van der Waals surface area contributed by atoms with E-state index >= 15 is 0 Å². The molecule has 0 unspecified atom stereocenters. The van der Waals surface area contributed by atoms with Crippen LogP contribution in [0.3, 0.4) is 0 Å². The molecule has 0 saturated heterocycles. The Labute approximate surface area is 154 Å². The van der Waals surface area contributed by atoms with Gasteiger partial charge in [0.2, 0.25) is 5.78 Å². The molecule has 1 aromatic rings. The molecule has 0 aliphatic heterocycles. The topological polar surface area (TPSA) is 79.9 Å². The minimum Gasteiger partial charge on any atom is -0.446 e. The molecule has 0 saturated carbocycles. The van der Waals surface area contributed by atoms with Crippen molar-refractivity contribution in [3.05, 3.63) is 42.3 Å². The summed E-state index contributed by atoms with van der Waals surface area (Å²) < 4.78 is 0. The van der Waals surface area contributed by atoms with E-state index in [1.165, 1.54) is 6.92 Å². The van der Waals surface area contributed by atoms with Gasteiger partial charge < -0.3 is 10.2 Å². The zero-order valence-electron chi connectivity index (χ0n) is 12.5. The van der Waals surface area contributed by atoms with E-state index < -0.39 is 0 Å². The molecule has 0 amide bonds. The van der Waals surface area contributed by atoms with Crippen molar-refractivity contribution < 1.29 is 67.0 Å². The number of rotatable bonds is 3. The molecule has 0 fully saturated rings. The summed E-state index contributed by atoms with van der Waals surface area (Å²) in [5.41, 5.74) is 0.549. The molecule has 0 aliphatic rings. The molecule has 1 rings (SSSR count). The number of halogens is 2. The summed E-state index contributed by atoms with van der Waals surface area (Å²) in [4.78, 5) is 21.7. The second-order valence-electron chi connectivity index (χ2n) is 3.19. The first-order valence-electron chi connectivity index (χ1n) is 5.77. The summed E-state index contributed by atoms with van der Waals surface area (Å²) in [6, 6.07) is 8.72. The Morgan fingerprint density at radius 3 is 1.62 bits per heavy atom. The fourth-order valence-electron chi connectivity index (χ4n) is 0.870. The molecule has 21 heavy (non-hydrogen) atoms. The Balaban J connectivity index is -0.0000000830. The Morgan fingerprint density at radius 2 is 1.33 bits per heavy atom. The molecule has 0 aliphatic carbocycles. The van der Waals surface area contributed by atoms with Crippen molar-refractivity contribution in [3.63, 3.8) is 0 Å². The number of benzene rings is 1. The van der Waals surface area contributed by atoms with Crippen molar-refractivity contribution in [3.8, 4) is 0 Å². The second-order valence-corrected chi connectivity index (χ2v) is 3.19. The first-order chi connectivity index (χ1) is 8.53. The SMILES string of the molecule is CC(=O)[CH+]C(=O)c1ccccc1.CC[OH2+].CC[OH2+].[ClH2+].[ClH2+].[Nb]. The van der Waals surface area contributed by atoms with Crippen LogP contribution in [0.1, 0.15) is 31.1 Å². The summed E-state index contributed by atoms with van der Waals surface area (Å²) >= 11 is 0. The normalized spacial score (nSPS) is 6.90. The average Bonchev–Trinajstić information content (AvgIpc) is 2.31. The van der Waals surface area contributed by atoms with Crippen molar-refractivity contribution in [2.75, 3.05) is 13.2 Å². The van der Waals surface area contributed by atoms with Crippen molar-refractivity contribution in [1.82, 2.24) is 0 Å². The van der Waals surface area contributed by atoms with Gasteiger partial charge in [-0.2, -0.15) is 0 Å². The molecule has 0 atom stereocenters. The van der Waals surface area contributed by atoms with E-state index in [1.54, 1.807) is 38.1 Å². The second kappa shape index (κ2) is 24.7. The van der Waals surface area contributed by atoms with Crippen molar-refractivity contribution >= 4 is 11.6 Å². The van der Waals surface area contributed by atoms with Gasteiger partial charge >= 0.3 is 5.78 Å². The van der Waals surface area contributed by atoms with Crippen LogP contribution >= 0.6 is 0 Å². The maximum atomic E-state index is 11.2. The van der Waals surface area contributed by atoms with Gasteiger partial charge in [0.25, 0.3) is 0 Å². The average molecular weight is 423 g/mol. The van der Waals surface area contributed by atoms with Gasteiger partial charge in [-0.1, -0.05) is 6.07 Å². The van der Waals surface area contributed by atoms with Crippen LogP contribution in [0.15, 0.2) is 30.3 Å². The molecule has 4 nitrogen and oxygen atoms in total. The zero-order valence-corrected chi connectivity index (χ0v) is 16.5. The summed E-state index contributed by atoms with van der Waals surface area (Å²) in [7, 11) is 0. The molecular weight excluding hydrogens is 396 g/mol. The number of carbonyl (C=O) groups is 2. The van der Waals surface area contributed by atoms with Gasteiger partial charge in [0, 0.05) is 55.3 Å². The molecule has 1 radical (unpaired) electrons. The summed E-state index contributed by atoms with van der Waals surface area (Å²) in [6.07, 6.45) is 1.09. The van der Waals surface area contributed by atoms with E-state index in [2.05, 4.69) is 0 Å². The smallest absolute Gasteiger partial charge is 0.345 e. The van der Waals surface area contributed by atoms with Gasteiger partial charge in [0.15, 0.2) is 12.0 Å².